The largest absolute Gasteiger partial charge is 0.486 e. The molecule has 174 valence electrons. The van der Waals surface area contributed by atoms with Crippen molar-refractivity contribution in [1.29, 1.82) is 0 Å². The third-order valence-corrected chi connectivity index (χ3v) is 8.02. The lowest BCUT2D eigenvalue weighted by Gasteiger charge is -2.19. The SMILES string of the molecule is CCc1cc2cc3c(cc2nc1SCC(=O)Nc1ccc(S(=O)(=O)N(C)C)cc1)OCCO3. The van der Waals surface area contributed by atoms with E-state index in [4.69, 9.17) is 14.5 Å². The molecule has 33 heavy (non-hydrogen) atoms. The van der Waals surface area contributed by atoms with Gasteiger partial charge in [-0.1, -0.05) is 18.7 Å². The summed E-state index contributed by atoms with van der Waals surface area (Å²) in [5.41, 5.74) is 2.37. The summed E-state index contributed by atoms with van der Waals surface area (Å²) in [6.07, 6.45) is 0.781. The number of nitrogens with zero attached hydrogens (tertiary/aromatic N) is 2. The monoisotopic (exact) mass is 487 g/mol. The second kappa shape index (κ2) is 9.58. The molecule has 2 heterocycles. The summed E-state index contributed by atoms with van der Waals surface area (Å²) in [7, 11) is -0.558. The second-order valence-corrected chi connectivity index (χ2v) is 10.8. The minimum atomic E-state index is -3.51. The highest BCUT2D eigenvalue weighted by Crippen LogP contribution is 2.36. The van der Waals surface area contributed by atoms with Gasteiger partial charge in [0.05, 0.1) is 16.2 Å². The number of ether oxygens (including phenoxy) is 2. The molecule has 3 aromatic rings. The normalized spacial score (nSPS) is 13.3. The van der Waals surface area contributed by atoms with Crippen LogP contribution in [-0.4, -0.2) is 56.7 Å². The number of hydrogen-bond acceptors (Lipinski definition) is 7. The standard InChI is InChI=1S/C23H25N3O5S2/c1-4-15-11-16-12-20-21(31-10-9-30-20)13-19(16)25-23(15)32-14-22(27)24-17-5-7-18(8-6-17)33(28,29)26(2)3/h5-8,11-13H,4,9-10,14H2,1-3H3,(H,24,27). The minimum absolute atomic E-state index is 0.171. The number of aryl methyl sites for hydroxylation is 1. The van der Waals surface area contributed by atoms with Crippen LogP contribution >= 0.6 is 11.8 Å². The van der Waals surface area contributed by atoms with Crippen molar-refractivity contribution in [2.24, 2.45) is 0 Å². The van der Waals surface area contributed by atoms with Gasteiger partial charge in [-0.2, -0.15) is 0 Å². The van der Waals surface area contributed by atoms with Gasteiger partial charge in [-0.15, -0.1) is 0 Å². The summed E-state index contributed by atoms with van der Waals surface area (Å²) in [6, 6.07) is 12.0. The van der Waals surface area contributed by atoms with Gasteiger partial charge in [0.15, 0.2) is 11.5 Å². The zero-order chi connectivity index (χ0) is 23.6. The molecule has 1 aromatic heterocycles. The van der Waals surface area contributed by atoms with E-state index in [1.54, 1.807) is 12.1 Å². The van der Waals surface area contributed by atoms with Crippen LogP contribution in [0.4, 0.5) is 5.69 Å². The molecular formula is C23H25N3O5S2. The molecule has 2 aromatic carbocycles. The maximum absolute atomic E-state index is 12.5. The van der Waals surface area contributed by atoms with Crippen LogP contribution in [0, 0.1) is 0 Å². The summed E-state index contributed by atoms with van der Waals surface area (Å²) < 4.78 is 36.8. The smallest absolute Gasteiger partial charge is 0.242 e. The first-order chi connectivity index (χ1) is 15.8. The number of pyridine rings is 1. The van der Waals surface area contributed by atoms with Gasteiger partial charge in [0.1, 0.15) is 18.2 Å². The van der Waals surface area contributed by atoms with Gasteiger partial charge in [0, 0.05) is 31.2 Å². The van der Waals surface area contributed by atoms with E-state index in [1.807, 2.05) is 19.1 Å². The number of carbonyl (C=O) groups is 1. The predicted molar refractivity (Wildman–Crippen MR) is 129 cm³/mol. The van der Waals surface area contributed by atoms with Gasteiger partial charge in [0.25, 0.3) is 0 Å². The Hall–Kier alpha value is -2.82. The van der Waals surface area contributed by atoms with Crippen molar-refractivity contribution in [3.05, 3.63) is 48.0 Å². The number of nitrogens with one attached hydrogen (secondary N) is 1. The van der Waals surface area contributed by atoms with Crippen LogP contribution in [0.25, 0.3) is 10.9 Å². The zero-order valence-corrected chi connectivity index (χ0v) is 20.3. The number of thioether (sulfide) groups is 1. The van der Waals surface area contributed by atoms with E-state index in [0.29, 0.717) is 24.7 Å². The molecule has 0 saturated carbocycles. The van der Waals surface area contributed by atoms with Crippen molar-refractivity contribution >= 4 is 44.3 Å². The Kier molecular flexibility index (Phi) is 6.78. The Labute approximate surface area is 197 Å². The van der Waals surface area contributed by atoms with Crippen LogP contribution in [-0.2, 0) is 21.2 Å². The van der Waals surface area contributed by atoms with Gasteiger partial charge in [-0.3, -0.25) is 4.79 Å². The molecule has 1 aliphatic heterocycles. The molecule has 10 heteroatoms. The number of sulfonamides is 1. The van der Waals surface area contributed by atoms with Crippen molar-refractivity contribution in [2.75, 3.05) is 38.4 Å². The lowest BCUT2D eigenvalue weighted by molar-refractivity contribution is -0.113. The van der Waals surface area contributed by atoms with Crippen LogP contribution in [0.3, 0.4) is 0 Å². The molecule has 1 N–H and O–H groups in total. The van der Waals surface area contributed by atoms with E-state index in [1.165, 1.54) is 38.0 Å². The minimum Gasteiger partial charge on any atom is -0.486 e. The Bertz CT molecular complexity index is 1290. The summed E-state index contributed by atoms with van der Waals surface area (Å²) >= 11 is 1.36. The van der Waals surface area contributed by atoms with E-state index in [-0.39, 0.29) is 16.6 Å². The summed E-state index contributed by atoms with van der Waals surface area (Å²) in [6.45, 7) is 3.09. The van der Waals surface area contributed by atoms with E-state index in [0.717, 1.165) is 38.0 Å². The number of aromatic nitrogens is 1. The van der Waals surface area contributed by atoms with Gasteiger partial charge >= 0.3 is 0 Å². The van der Waals surface area contributed by atoms with Crippen molar-refractivity contribution in [3.63, 3.8) is 0 Å². The first kappa shape index (κ1) is 23.3. The van der Waals surface area contributed by atoms with Crippen molar-refractivity contribution in [2.45, 2.75) is 23.3 Å². The molecule has 1 amide bonds. The van der Waals surface area contributed by atoms with Crippen LogP contribution in [0.15, 0.2) is 52.4 Å². The summed E-state index contributed by atoms with van der Waals surface area (Å²) in [4.78, 5) is 17.4. The van der Waals surface area contributed by atoms with E-state index in [2.05, 4.69) is 11.4 Å². The van der Waals surface area contributed by atoms with E-state index in [9.17, 15) is 13.2 Å². The Morgan fingerprint density at radius 3 is 2.39 bits per heavy atom. The quantitative estimate of drug-likeness (QED) is 0.509. The fourth-order valence-corrected chi connectivity index (χ4v) is 5.16. The third-order valence-electron chi connectivity index (χ3n) is 5.16. The first-order valence-electron chi connectivity index (χ1n) is 10.5. The third kappa shape index (κ3) is 5.07. The van der Waals surface area contributed by atoms with Crippen LogP contribution in [0.5, 0.6) is 11.5 Å². The van der Waals surface area contributed by atoms with E-state index < -0.39 is 10.0 Å². The molecule has 0 bridgehead atoms. The van der Waals surface area contributed by atoms with Crippen molar-refractivity contribution < 1.29 is 22.7 Å². The molecule has 0 atom stereocenters. The maximum Gasteiger partial charge on any atom is 0.242 e. The number of hydrogen-bond donors (Lipinski definition) is 1. The van der Waals surface area contributed by atoms with Crippen LogP contribution < -0.4 is 14.8 Å². The number of rotatable bonds is 7. The molecular weight excluding hydrogens is 462 g/mol. The van der Waals surface area contributed by atoms with E-state index >= 15 is 0 Å². The van der Waals surface area contributed by atoms with Crippen molar-refractivity contribution in [1.82, 2.24) is 9.29 Å². The highest BCUT2D eigenvalue weighted by molar-refractivity contribution is 8.00. The summed E-state index contributed by atoms with van der Waals surface area (Å²) in [5.74, 6) is 1.38. The number of fused-ring (bicyclic) bond motifs is 2. The Balaban J connectivity index is 1.46. The molecule has 0 saturated heterocycles. The highest BCUT2D eigenvalue weighted by Gasteiger charge is 2.18. The van der Waals surface area contributed by atoms with Crippen LogP contribution in [0.2, 0.25) is 0 Å². The average molecular weight is 488 g/mol. The first-order valence-corrected chi connectivity index (χ1v) is 12.9. The topological polar surface area (TPSA) is 97.8 Å². The molecule has 0 radical (unpaired) electrons. The fraction of sp³-hybridized carbons (Fsp3) is 0.304. The second-order valence-electron chi connectivity index (χ2n) is 7.64. The Morgan fingerprint density at radius 1 is 1.09 bits per heavy atom. The number of carbonyl (C=O) groups excluding carboxylic acids is 1. The van der Waals surface area contributed by atoms with Gasteiger partial charge in [-0.25, -0.2) is 17.7 Å². The highest BCUT2D eigenvalue weighted by atomic mass is 32.2. The van der Waals surface area contributed by atoms with Gasteiger partial charge < -0.3 is 14.8 Å². The lowest BCUT2D eigenvalue weighted by Crippen LogP contribution is -2.22. The van der Waals surface area contributed by atoms with Crippen molar-refractivity contribution in [3.8, 4) is 11.5 Å². The molecule has 0 aliphatic carbocycles. The van der Waals surface area contributed by atoms with Gasteiger partial charge in [0.2, 0.25) is 15.9 Å². The molecule has 1 aliphatic rings. The number of benzene rings is 2. The summed E-state index contributed by atoms with van der Waals surface area (Å²) in [5, 5.41) is 4.57. The molecule has 4 rings (SSSR count). The fourth-order valence-electron chi connectivity index (χ4n) is 3.37. The Morgan fingerprint density at radius 2 is 1.76 bits per heavy atom. The zero-order valence-electron chi connectivity index (χ0n) is 18.6. The number of amides is 1. The maximum atomic E-state index is 12.5. The van der Waals surface area contributed by atoms with Crippen LogP contribution in [0.1, 0.15) is 12.5 Å². The predicted octanol–water partition coefficient (Wildman–Crippen LogP) is 3.55. The molecule has 0 fully saturated rings. The number of anilines is 1. The molecule has 0 spiro atoms. The molecule has 8 nitrogen and oxygen atoms in total. The lowest BCUT2D eigenvalue weighted by atomic mass is 10.1. The average Bonchev–Trinajstić information content (AvgIpc) is 2.81. The van der Waals surface area contributed by atoms with Gasteiger partial charge in [-0.05, 0) is 48.4 Å². The molecule has 0 unspecified atom stereocenters.